The third kappa shape index (κ3) is 36.6. The van der Waals surface area contributed by atoms with Crippen LogP contribution in [0.15, 0.2) is 0 Å². The van der Waals surface area contributed by atoms with E-state index in [1.807, 2.05) is 0 Å². The zero-order valence-corrected chi connectivity index (χ0v) is 25.9. The number of hydrogen-bond acceptors (Lipinski definition) is 0. The molecule has 0 amide bonds. The van der Waals surface area contributed by atoms with Crippen LogP contribution in [0.3, 0.4) is 0 Å². The van der Waals surface area contributed by atoms with Crippen molar-refractivity contribution < 1.29 is 25.2 Å². The van der Waals surface area contributed by atoms with Gasteiger partial charge in [-0.15, -0.1) is 0 Å². The summed E-state index contributed by atoms with van der Waals surface area (Å²) in [5.41, 5.74) is 0. The third-order valence-corrected chi connectivity index (χ3v) is 12.0. The predicted molar refractivity (Wildman–Crippen MR) is 155 cm³/mol. The SMILES string of the molecule is CCCCCCCCCCCCCCCC[P+](CCCC)(CCCC)CCCC.F[P-](F)(F)(F)(F)F. The Morgan fingerprint density at radius 3 is 0.778 bits per heavy atom. The topological polar surface area (TPSA) is 0 Å². The van der Waals surface area contributed by atoms with Crippen LogP contribution in [0.5, 0.6) is 0 Å². The Bertz CT molecular complexity index is 446. The third-order valence-electron chi connectivity index (χ3n) is 6.94. The zero-order chi connectivity index (χ0) is 27.9. The second kappa shape index (κ2) is 20.4. The van der Waals surface area contributed by atoms with Gasteiger partial charge in [-0.3, -0.25) is 0 Å². The van der Waals surface area contributed by atoms with E-state index in [1.165, 1.54) is 122 Å². The molecule has 0 aromatic carbocycles. The Labute approximate surface area is 221 Å². The number of hydrogen-bond donors (Lipinski definition) is 0. The van der Waals surface area contributed by atoms with E-state index in [4.69, 9.17) is 0 Å². The summed E-state index contributed by atoms with van der Waals surface area (Å²) in [6.45, 7) is 9.48. The molecule has 0 radical (unpaired) electrons. The molecular formula is C28H60F6P2. The van der Waals surface area contributed by atoms with Crippen LogP contribution in [-0.4, -0.2) is 24.6 Å². The molecule has 0 aromatic rings. The van der Waals surface area contributed by atoms with Gasteiger partial charge in [0.15, 0.2) is 0 Å². The van der Waals surface area contributed by atoms with E-state index >= 15 is 0 Å². The Hall–Kier alpha value is 0.440. The van der Waals surface area contributed by atoms with Gasteiger partial charge in [0.25, 0.3) is 0 Å². The monoisotopic (exact) mass is 572 g/mol. The summed E-state index contributed by atoms with van der Waals surface area (Å²) in [7, 11) is -11.3. The summed E-state index contributed by atoms with van der Waals surface area (Å²) in [6.07, 6.45) is 36.0. The first-order chi connectivity index (χ1) is 16.7. The fraction of sp³-hybridized carbons (Fsp3) is 1.00. The average molecular weight is 573 g/mol. The van der Waals surface area contributed by atoms with Crippen LogP contribution < -0.4 is 0 Å². The molecule has 0 nitrogen and oxygen atoms in total. The van der Waals surface area contributed by atoms with Gasteiger partial charge in [-0.05, 0) is 32.1 Å². The number of rotatable bonds is 24. The van der Waals surface area contributed by atoms with Crippen molar-refractivity contribution in [2.24, 2.45) is 0 Å². The first kappa shape index (κ1) is 38.6. The van der Waals surface area contributed by atoms with Gasteiger partial charge in [-0.25, -0.2) is 0 Å². The van der Waals surface area contributed by atoms with Crippen molar-refractivity contribution in [1.29, 1.82) is 0 Å². The maximum atomic E-state index is 9.87. The van der Waals surface area contributed by atoms with Crippen molar-refractivity contribution >= 4 is 15.1 Å². The van der Waals surface area contributed by atoms with Crippen LogP contribution in [0, 0.1) is 0 Å². The van der Waals surface area contributed by atoms with Gasteiger partial charge in [-0.1, -0.05) is 124 Å². The van der Waals surface area contributed by atoms with Crippen molar-refractivity contribution in [3.63, 3.8) is 0 Å². The Balaban J connectivity index is 0. The molecule has 0 spiro atoms. The molecule has 36 heavy (non-hydrogen) atoms. The molecule has 0 aromatic heterocycles. The molecule has 0 fully saturated rings. The molecular weight excluding hydrogens is 512 g/mol. The predicted octanol–water partition coefficient (Wildman–Crippen LogP) is 14.3. The Morgan fingerprint density at radius 1 is 0.333 bits per heavy atom. The maximum absolute atomic E-state index is 10.7. The van der Waals surface area contributed by atoms with Crippen LogP contribution in [0.2, 0.25) is 0 Å². The Morgan fingerprint density at radius 2 is 0.528 bits per heavy atom. The molecule has 0 atom stereocenters. The quantitative estimate of drug-likeness (QED) is 0.0613. The van der Waals surface area contributed by atoms with Crippen LogP contribution in [0.25, 0.3) is 0 Å². The molecule has 224 valence electrons. The van der Waals surface area contributed by atoms with Crippen LogP contribution in [-0.2, 0) is 0 Å². The van der Waals surface area contributed by atoms with Gasteiger partial charge in [0.1, 0.15) is 0 Å². The van der Waals surface area contributed by atoms with Gasteiger partial charge in [-0.2, -0.15) is 0 Å². The molecule has 0 unspecified atom stereocenters. The van der Waals surface area contributed by atoms with Crippen LogP contribution in [0.1, 0.15) is 156 Å². The minimum absolute atomic E-state index is 0.630. The summed E-state index contributed by atoms with van der Waals surface area (Å²) in [5.74, 6) is 0. The molecule has 0 saturated heterocycles. The average Bonchev–Trinajstić information content (AvgIpc) is 2.78. The second-order valence-corrected chi connectivity index (χ2v) is 17.2. The minimum atomic E-state index is -10.7. The normalized spacial score (nSPS) is 14.2. The number of unbranched alkanes of at least 4 members (excludes halogenated alkanes) is 16. The fourth-order valence-corrected chi connectivity index (χ4v) is 9.99. The summed E-state index contributed by atoms with van der Waals surface area (Å²) in [4.78, 5) is 0. The van der Waals surface area contributed by atoms with Gasteiger partial charge in [0.2, 0.25) is 0 Å². The van der Waals surface area contributed by atoms with Gasteiger partial charge in [0, 0.05) is 7.26 Å². The molecule has 0 heterocycles. The van der Waals surface area contributed by atoms with Crippen molar-refractivity contribution in [2.75, 3.05) is 24.6 Å². The summed E-state index contributed by atoms with van der Waals surface area (Å²) in [5, 5.41) is 0. The number of halogens is 6. The molecule has 8 heteroatoms. The summed E-state index contributed by atoms with van der Waals surface area (Å²) in [6, 6.07) is 0. The van der Waals surface area contributed by atoms with E-state index < -0.39 is 15.1 Å². The molecule has 0 aliphatic rings. The molecule has 0 bridgehead atoms. The Kier molecular flexibility index (Phi) is 21.8. The van der Waals surface area contributed by atoms with Crippen LogP contribution >= 0.6 is 15.1 Å². The van der Waals surface area contributed by atoms with Gasteiger partial charge < -0.3 is 0 Å². The van der Waals surface area contributed by atoms with Gasteiger partial charge >= 0.3 is 33.0 Å². The first-order valence-electron chi connectivity index (χ1n) is 15.1. The summed E-state index contributed by atoms with van der Waals surface area (Å²) >= 11 is 0. The molecule has 0 aliphatic carbocycles. The molecule has 0 N–H and O–H groups in total. The molecule has 0 rings (SSSR count). The van der Waals surface area contributed by atoms with Crippen molar-refractivity contribution in [2.45, 2.75) is 156 Å². The van der Waals surface area contributed by atoms with E-state index in [-0.39, 0.29) is 0 Å². The first-order valence-corrected chi connectivity index (χ1v) is 19.7. The van der Waals surface area contributed by atoms with E-state index in [0.29, 0.717) is 0 Å². The van der Waals surface area contributed by atoms with Crippen molar-refractivity contribution in [1.82, 2.24) is 0 Å². The zero-order valence-electron chi connectivity index (χ0n) is 24.1. The van der Waals surface area contributed by atoms with Crippen molar-refractivity contribution in [3.05, 3.63) is 0 Å². The van der Waals surface area contributed by atoms with E-state index in [2.05, 4.69) is 27.7 Å². The molecule has 0 saturated carbocycles. The van der Waals surface area contributed by atoms with Gasteiger partial charge in [0.05, 0.1) is 24.6 Å². The van der Waals surface area contributed by atoms with Crippen molar-refractivity contribution in [3.8, 4) is 0 Å². The summed E-state index contributed by atoms with van der Waals surface area (Å²) < 4.78 is 59.2. The van der Waals surface area contributed by atoms with E-state index in [0.717, 1.165) is 0 Å². The molecule has 0 aliphatic heterocycles. The standard InChI is InChI=1S/C28H60P.F6P/c1-5-9-13-14-15-16-17-18-19-20-21-22-23-24-28-29(25-10-6-2,26-11-7-3)27-12-8-4;1-7(2,3,4,5)6/h5-28H2,1-4H3;/q+1;-1. The van der Waals surface area contributed by atoms with E-state index in [9.17, 15) is 25.2 Å². The fourth-order valence-electron chi connectivity index (χ4n) is 4.79. The second-order valence-electron chi connectivity index (χ2n) is 10.9. The van der Waals surface area contributed by atoms with Crippen LogP contribution in [0.4, 0.5) is 25.2 Å². The van der Waals surface area contributed by atoms with E-state index in [1.54, 1.807) is 31.1 Å².